The van der Waals surface area contributed by atoms with Crippen LogP contribution in [0, 0.1) is 5.92 Å². The predicted molar refractivity (Wildman–Crippen MR) is 82.3 cm³/mol. The van der Waals surface area contributed by atoms with Gasteiger partial charge in [-0.1, -0.05) is 13.8 Å². The number of carbonyl (C=O) groups is 2. The van der Waals surface area contributed by atoms with Crippen molar-refractivity contribution < 1.29 is 14.7 Å². The number of amides is 2. The highest BCUT2D eigenvalue weighted by atomic mass is 32.1. The number of carboxylic acids is 1. The van der Waals surface area contributed by atoms with Crippen LogP contribution in [0.5, 0.6) is 0 Å². The van der Waals surface area contributed by atoms with E-state index in [0.29, 0.717) is 13.1 Å². The van der Waals surface area contributed by atoms with E-state index >= 15 is 0 Å². The van der Waals surface area contributed by atoms with E-state index in [-0.39, 0.29) is 24.5 Å². The molecule has 0 bridgehead atoms. The van der Waals surface area contributed by atoms with Crippen molar-refractivity contribution in [1.29, 1.82) is 0 Å². The minimum absolute atomic E-state index is 0.153. The highest BCUT2D eigenvalue weighted by molar-refractivity contribution is 7.07. The lowest BCUT2D eigenvalue weighted by Crippen LogP contribution is -2.47. The number of carbonyl (C=O) groups excluding carboxylic acids is 1. The Morgan fingerprint density at radius 2 is 2.14 bits per heavy atom. The van der Waals surface area contributed by atoms with Crippen molar-refractivity contribution in [3.05, 3.63) is 22.4 Å². The third kappa shape index (κ3) is 4.74. The molecule has 116 valence electrons. The first-order valence-electron chi connectivity index (χ1n) is 7.25. The molecule has 0 aliphatic heterocycles. The number of nitrogens with zero attached hydrogens (tertiary/aromatic N) is 2. The standard InChI is InChI=1S/C15H22N2O3S/c1-11(2)7-16(9-14(18)19)15(20)17(13-3-4-13)8-12-5-6-21-10-12/h5-6,10-11,13H,3-4,7-9H2,1-2H3,(H,18,19). The summed E-state index contributed by atoms with van der Waals surface area (Å²) in [5, 5.41) is 13.1. The first kappa shape index (κ1) is 15.8. The normalized spacial score (nSPS) is 14.2. The van der Waals surface area contributed by atoms with E-state index in [2.05, 4.69) is 0 Å². The molecule has 1 aromatic rings. The zero-order chi connectivity index (χ0) is 15.4. The summed E-state index contributed by atoms with van der Waals surface area (Å²) < 4.78 is 0. The lowest BCUT2D eigenvalue weighted by atomic mass is 10.2. The van der Waals surface area contributed by atoms with Crippen LogP contribution in [0.1, 0.15) is 32.3 Å². The summed E-state index contributed by atoms with van der Waals surface area (Å²) in [7, 11) is 0. The fourth-order valence-electron chi connectivity index (χ4n) is 2.31. The van der Waals surface area contributed by atoms with E-state index in [1.54, 1.807) is 11.3 Å². The number of carboxylic acid groups (broad SMARTS) is 1. The highest BCUT2D eigenvalue weighted by Gasteiger charge is 2.35. The van der Waals surface area contributed by atoms with Gasteiger partial charge in [-0.15, -0.1) is 0 Å². The van der Waals surface area contributed by atoms with Crippen LogP contribution < -0.4 is 0 Å². The number of hydrogen-bond donors (Lipinski definition) is 1. The van der Waals surface area contributed by atoms with Crippen molar-refractivity contribution in [1.82, 2.24) is 9.80 Å². The number of hydrogen-bond acceptors (Lipinski definition) is 3. The molecule has 1 aliphatic carbocycles. The molecule has 0 radical (unpaired) electrons. The van der Waals surface area contributed by atoms with Gasteiger partial charge in [0.05, 0.1) is 0 Å². The van der Waals surface area contributed by atoms with Gasteiger partial charge in [-0.25, -0.2) is 4.79 Å². The number of rotatable bonds is 7. The third-order valence-corrected chi connectivity index (χ3v) is 4.08. The summed E-state index contributed by atoms with van der Waals surface area (Å²) in [6.07, 6.45) is 2.02. The first-order valence-corrected chi connectivity index (χ1v) is 8.20. The number of aliphatic carboxylic acids is 1. The molecule has 1 aliphatic rings. The Labute approximate surface area is 129 Å². The van der Waals surface area contributed by atoms with E-state index in [9.17, 15) is 9.59 Å². The Bertz CT molecular complexity index is 483. The molecule has 2 amide bonds. The zero-order valence-corrected chi connectivity index (χ0v) is 13.3. The summed E-state index contributed by atoms with van der Waals surface area (Å²) in [5.41, 5.74) is 1.11. The Balaban J connectivity index is 2.08. The van der Waals surface area contributed by atoms with Gasteiger partial charge in [-0.05, 0) is 41.1 Å². The highest BCUT2D eigenvalue weighted by Crippen LogP contribution is 2.30. The molecule has 1 fully saturated rings. The van der Waals surface area contributed by atoms with Crippen LogP contribution in [-0.4, -0.2) is 46.0 Å². The molecule has 5 nitrogen and oxygen atoms in total. The second-order valence-corrected chi connectivity index (χ2v) is 6.72. The second-order valence-electron chi connectivity index (χ2n) is 5.94. The molecule has 0 unspecified atom stereocenters. The van der Waals surface area contributed by atoms with Crippen LogP contribution >= 0.6 is 11.3 Å². The Kier molecular flexibility index (Phi) is 5.22. The van der Waals surface area contributed by atoms with E-state index in [1.807, 2.05) is 35.6 Å². The molecule has 0 saturated heterocycles. The maximum atomic E-state index is 12.7. The monoisotopic (exact) mass is 310 g/mol. The maximum Gasteiger partial charge on any atom is 0.323 e. The van der Waals surface area contributed by atoms with E-state index in [4.69, 9.17) is 5.11 Å². The molecule has 1 N–H and O–H groups in total. The molecule has 0 spiro atoms. The van der Waals surface area contributed by atoms with Gasteiger partial charge in [-0.2, -0.15) is 11.3 Å². The van der Waals surface area contributed by atoms with Crippen LogP contribution in [0.3, 0.4) is 0 Å². The van der Waals surface area contributed by atoms with Crippen LogP contribution in [0.15, 0.2) is 16.8 Å². The number of urea groups is 1. The molecule has 1 heterocycles. The van der Waals surface area contributed by atoms with Gasteiger partial charge in [0.15, 0.2) is 0 Å². The minimum atomic E-state index is -0.963. The Morgan fingerprint density at radius 1 is 1.43 bits per heavy atom. The summed E-state index contributed by atoms with van der Waals surface area (Å²) in [6, 6.07) is 2.12. The molecule has 1 aromatic heterocycles. The molecule has 1 saturated carbocycles. The summed E-state index contributed by atoms with van der Waals surface area (Å²) in [5.74, 6) is -0.717. The Hall–Kier alpha value is -1.56. The quantitative estimate of drug-likeness (QED) is 0.842. The van der Waals surface area contributed by atoms with Crippen molar-refractivity contribution in [3.63, 3.8) is 0 Å². The van der Waals surface area contributed by atoms with E-state index in [1.165, 1.54) is 4.90 Å². The molecule has 0 atom stereocenters. The average molecular weight is 310 g/mol. The summed E-state index contributed by atoms with van der Waals surface area (Å²) in [6.45, 7) is 4.79. The smallest absolute Gasteiger partial charge is 0.323 e. The summed E-state index contributed by atoms with van der Waals surface area (Å²) >= 11 is 1.61. The molecule has 21 heavy (non-hydrogen) atoms. The second kappa shape index (κ2) is 6.93. The van der Waals surface area contributed by atoms with Gasteiger partial charge < -0.3 is 14.9 Å². The largest absolute Gasteiger partial charge is 0.480 e. The summed E-state index contributed by atoms with van der Waals surface area (Å²) in [4.78, 5) is 27.0. The predicted octanol–water partition coefficient (Wildman–Crippen LogP) is 2.88. The fourth-order valence-corrected chi connectivity index (χ4v) is 2.97. The lowest BCUT2D eigenvalue weighted by molar-refractivity contribution is -0.137. The maximum absolute atomic E-state index is 12.7. The molecule has 2 rings (SSSR count). The zero-order valence-electron chi connectivity index (χ0n) is 12.5. The van der Waals surface area contributed by atoms with Gasteiger partial charge in [0.2, 0.25) is 0 Å². The SMILES string of the molecule is CC(C)CN(CC(=O)O)C(=O)N(Cc1ccsc1)C1CC1. The van der Waals surface area contributed by atoms with Gasteiger partial charge >= 0.3 is 12.0 Å². The third-order valence-electron chi connectivity index (χ3n) is 3.35. The van der Waals surface area contributed by atoms with Gasteiger partial charge in [0.1, 0.15) is 6.54 Å². The molecular weight excluding hydrogens is 288 g/mol. The average Bonchev–Trinajstić information content (AvgIpc) is 3.10. The fraction of sp³-hybridized carbons (Fsp3) is 0.600. The van der Waals surface area contributed by atoms with Gasteiger partial charge in [0.25, 0.3) is 0 Å². The van der Waals surface area contributed by atoms with Crippen molar-refractivity contribution in [2.24, 2.45) is 5.92 Å². The van der Waals surface area contributed by atoms with Crippen molar-refractivity contribution in [2.75, 3.05) is 13.1 Å². The van der Waals surface area contributed by atoms with Crippen molar-refractivity contribution >= 4 is 23.3 Å². The first-order chi connectivity index (χ1) is 9.97. The van der Waals surface area contributed by atoms with E-state index < -0.39 is 5.97 Å². The number of thiophene rings is 1. The minimum Gasteiger partial charge on any atom is -0.480 e. The van der Waals surface area contributed by atoms with Gasteiger partial charge in [-0.3, -0.25) is 4.79 Å². The molecular formula is C15H22N2O3S. The topological polar surface area (TPSA) is 60.9 Å². The van der Waals surface area contributed by atoms with Crippen LogP contribution in [0.25, 0.3) is 0 Å². The molecule has 6 heteroatoms. The Morgan fingerprint density at radius 3 is 2.62 bits per heavy atom. The van der Waals surface area contributed by atoms with Gasteiger partial charge in [0, 0.05) is 19.1 Å². The lowest BCUT2D eigenvalue weighted by Gasteiger charge is -2.30. The van der Waals surface area contributed by atoms with Crippen molar-refractivity contribution in [2.45, 2.75) is 39.3 Å². The van der Waals surface area contributed by atoms with E-state index in [0.717, 1.165) is 18.4 Å². The van der Waals surface area contributed by atoms with Crippen LogP contribution in [-0.2, 0) is 11.3 Å². The van der Waals surface area contributed by atoms with Crippen LogP contribution in [0.2, 0.25) is 0 Å². The molecule has 0 aromatic carbocycles. The van der Waals surface area contributed by atoms with Crippen LogP contribution in [0.4, 0.5) is 4.79 Å². The van der Waals surface area contributed by atoms with Crippen molar-refractivity contribution in [3.8, 4) is 0 Å².